The Kier molecular flexibility index (Phi) is 15.9. The van der Waals surface area contributed by atoms with Crippen molar-refractivity contribution >= 4 is 81.3 Å². The zero-order chi connectivity index (χ0) is 42.6. The molecule has 0 bridgehead atoms. The molecule has 6 heterocycles. The van der Waals surface area contributed by atoms with E-state index in [0.29, 0.717) is 35.9 Å². The van der Waals surface area contributed by atoms with Gasteiger partial charge in [-0.1, -0.05) is 59.6 Å². The highest BCUT2D eigenvalue weighted by Crippen LogP contribution is 2.47. The SMILES string of the molecule is CS(=O)(=O)N1CCC(C2c3ccc(Cl)cc3C=C(CCn3ccnc3)c3cccnc32)CC1.Cl.Cl.Clc1ccc2c(c1)C=C(CCn1ccnc1)c1cccnc1C2C1CCNCC1. The number of imidazole rings is 2. The second-order valence-corrected chi connectivity index (χ2v) is 19.8. The largest absolute Gasteiger partial charge is 0.337 e. The van der Waals surface area contributed by atoms with Crippen molar-refractivity contribution in [3.8, 4) is 0 Å². The number of rotatable bonds is 9. The summed E-state index contributed by atoms with van der Waals surface area (Å²) in [5.74, 6) is 1.30. The van der Waals surface area contributed by atoms with Crippen LogP contribution in [0.5, 0.6) is 0 Å². The highest BCUT2D eigenvalue weighted by molar-refractivity contribution is 7.88. The lowest BCUT2D eigenvalue weighted by molar-refractivity contribution is 0.256. The first-order chi connectivity index (χ1) is 30.2. The van der Waals surface area contributed by atoms with Crippen LogP contribution in [0, 0.1) is 11.8 Å². The van der Waals surface area contributed by atoms with Crippen LogP contribution < -0.4 is 5.32 Å². The fraction of sp³-hybridized carbons (Fsp3) is 0.347. The Bertz CT molecular complexity index is 2680. The van der Waals surface area contributed by atoms with Crippen LogP contribution in [-0.2, 0) is 23.1 Å². The van der Waals surface area contributed by atoms with Crippen LogP contribution in [0.3, 0.4) is 0 Å². The van der Waals surface area contributed by atoms with Gasteiger partial charge >= 0.3 is 0 Å². The molecule has 4 aromatic heterocycles. The average molecular weight is 961 g/mol. The smallest absolute Gasteiger partial charge is 0.211 e. The molecule has 2 atom stereocenters. The predicted octanol–water partition coefficient (Wildman–Crippen LogP) is 10.5. The Labute approximate surface area is 399 Å². The quantitative estimate of drug-likeness (QED) is 0.154. The van der Waals surface area contributed by atoms with Crippen molar-refractivity contribution in [1.82, 2.24) is 38.7 Å². The van der Waals surface area contributed by atoms with E-state index >= 15 is 0 Å². The first kappa shape index (κ1) is 47.6. The van der Waals surface area contributed by atoms with Gasteiger partial charge in [0, 0.05) is 85.2 Å². The molecule has 0 radical (unpaired) electrons. The zero-order valence-corrected chi connectivity index (χ0v) is 39.7. The Morgan fingerprint density at radius 3 is 1.56 bits per heavy atom. The maximum Gasteiger partial charge on any atom is 0.211 e. The number of aryl methyl sites for hydroxylation is 2. The molecular formula is C49H54Cl4N8O2S. The van der Waals surface area contributed by atoms with E-state index < -0.39 is 10.0 Å². The molecule has 0 spiro atoms. The second-order valence-electron chi connectivity index (χ2n) is 16.9. The minimum Gasteiger partial charge on any atom is -0.337 e. The van der Waals surface area contributed by atoms with Crippen LogP contribution >= 0.6 is 48.0 Å². The van der Waals surface area contributed by atoms with Gasteiger partial charge in [0.2, 0.25) is 10.0 Å². The standard InChI is InChI=1S/C25H27ClN4O2S.C24H25ClN4.2ClH/c1-33(31,32)30-12-7-18(8-13-30)24-22-5-4-21(26)16-20(22)15-19(6-11-29-14-10-27-17-29)23-3-2-9-28-25(23)24;25-20-3-4-21-19(15-20)14-18(7-12-29-13-11-27-16-29)22-2-1-8-28-24(22)23(21)17-5-9-26-10-6-17;;/h2-5,9-10,14-18,24H,6-8,11-13H2,1H3;1-4,8,11,13-17,23,26H,5-7,9-10,12H2;2*1H. The summed E-state index contributed by atoms with van der Waals surface area (Å²) in [5, 5.41) is 5.01. The fourth-order valence-corrected chi connectivity index (χ4v) is 11.3. The molecular weight excluding hydrogens is 906 g/mol. The number of hydrogen-bond donors (Lipinski definition) is 1. The molecule has 4 aliphatic rings. The van der Waals surface area contributed by atoms with E-state index in [4.69, 9.17) is 33.2 Å². The molecule has 336 valence electrons. The summed E-state index contributed by atoms with van der Waals surface area (Å²) in [4.78, 5) is 18.2. The molecule has 6 aromatic rings. The van der Waals surface area contributed by atoms with Crippen molar-refractivity contribution in [2.45, 2.75) is 63.5 Å². The number of halogens is 4. The Hall–Kier alpha value is -4.33. The fourth-order valence-electron chi connectivity index (χ4n) is 10.0. The molecule has 10 rings (SSSR count). The van der Waals surface area contributed by atoms with Crippen molar-refractivity contribution in [1.29, 1.82) is 0 Å². The predicted molar refractivity (Wildman–Crippen MR) is 264 cm³/mol. The van der Waals surface area contributed by atoms with Gasteiger partial charge in [-0.05, 0) is 144 Å². The Balaban J connectivity index is 0.000000187. The summed E-state index contributed by atoms with van der Waals surface area (Å²) in [7, 11) is -3.17. The number of sulfonamides is 1. The minimum absolute atomic E-state index is 0. The number of hydrogen-bond acceptors (Lipinski definition) is 7. The van der Waals surface area contributed by atoms with Crippen LogP contribution in [-0.4, -0.2) is 74.2 Å². The van der Waals surface area contributed by atoms with E-state index in [9.17, 15) is 8.42 Å². The Morgan fingerprint density at radius 2 is 1.12 bits per heavy atom. The highest BCUT2D eigenvalue weighted by Gasteiger charge is 2.36. The number of pyridine rings is 2. The van der Waals surface area contributed by atoms with E-state index in [-0.39, 0.29) is 30.7 Å². The molecule has 0 saturated carbocycles. The van der Waals surface area contributed by atoms with Gasteiger partial charge in [-0.3, -0.25) is 9.97 Å². The number of nitrogens with one attached hydrogen (secondary N) is 1. The van der Waals surface area contributed by atoms with Crippen molar-refractivity contribution in [2.75, 3.05) is 32.4 Å². The van der Waals surface area contributed by atoms with Gasteiger partial charge in [0.05, 0.1) is 30.3 Å². The van der Waals surface area contributed by atoms with E-state index in [2.05, 4.69) is 73.0 Å². The number of aromatic nitrogens is 6. The van der Waals surface area contributed by atoms with Crippen molar-refractivity contribution in [2.24, 2.45) is 11.8 Å². The minimum atomic E-state index is -3.17. The van der Waals surface area contributed by atoms with Crippen LogP contribution in [0.4, 0.5) is 0 Å². The van der Waals surface area contributed by atoms with Crippen LogP contribution in [0.15, 0.2) is 110 Å². The van der Waals surface area contributed by atoms with Gasteiger partial charge in [-0.25, -0.2) is 22.7 Å². The molecule has 1 N–H and O–H groups in total. The molecule has 0 amide bonds. The molecule has 64 heavy (non-hydrogen) atoms. The lowest BCUT2D eigenvalue weighted by Crippen LogP contribution is -2.39. The average Bonchev–Trinajstić information content (AvgIpc) is 3.97. The van der Waals surface area contributed by atoms with Crippen molar-refractivity contribution in [3.63, 3.8) is 0 Å². The van der Waals surface area contributed by atoms with Crippen LogP contribution in [0.25, 0.3) is 23.3 Å². The van der Waals surface area contributed by atoms with Gasteiger partial charge in [0.1, 0.15) is 0 Å². The van der Waals surface area contributed by atoms with Crippen molar-refractivity contribution < 1.29 is 8.42 Å². The molecule has 10 nitrogen and oxygen atoms in total. The Morgan fingerprint density at radius 1 is 0.656 bits per heavy atom. The van der Waals surface area contributed by atoms with Gasteiger partial charge in [-0.15, -0.1) is 24.8 Å². The second kappa shape index (κ2) is 21.3. The highest BCUT2D eigenvalue weighted by atomic mass is 35.5. The molecule has 2 fully saturated rings. The monoisotopic (exact) mass is 958 g/mol. The maximum absolute atomic E-state index is 12.1. The summed E-state index contributed by atoms with van der Waals surface area (Å²) in [6.07, 6.45) is 26.8. The topological polar surface area (TPSA) is 111 Å². The number of allylic oxidation sites excluding steroid dienone is 2. The molecule has 15 heteroatoms. The van der Waals surface area contributed by atoms with E-state index in [1.807, 2.05) is 67.9 Å². The third kappa shape index (κ3) is 10.7. The third-order valence-electron chi connectivity index (χ3n) is 13.1. The van der Waals surface area contributed by atoms with E-state index in [0.717, 1.165) is 68.1 Å². The van der Waals surface area contributed by atoms with E-state index in [1.165, 1.54) is 63.8 Å². The maximum atomic E-state index is 12.1. The number of piperidine rings is 2. The van der Waals surface area contributed by atoms with Crippen molar-refractivity contribution in [3.05, 3.63) is 165 Å². The van der Waals surface area contributed by atoms with Gasteiger partial charge < -0.3 is 14.5 Å². The summed E-state index contributed by atoms with van der Waals surface area (Å²) >= 11 is 12.8. The van der Waals surface area contributed by atoms with Crippen LogP contribution in [0.1, 0.15) is 95.1 Å². The van der Waals surface area contributed by atoms with Crippen LogP contribution in [0.2, 0.25) is 10.0 Å². The zero-order valence-electron chi connectivity index (χ0n) is 35.8. The molecule has 2 saturated heterocycles. The first-order valence-corrected chi connectivity index (χ1v) is 24.3. The number of fused-ring (bicyclic) bond motifs is 4. The van der Waals surface area contributed by atoms with Gasteiger partial charge in [0.15, 0.2) is 0 Å². The summed E-state index contributed by atoms with van der Waals surface area (Å²) in [5.41, 5.74) is 12.2. The van der Waals surface area contributed by atoms with Gasteiger partial charge in [-0.2, -0.15) is 0 Å². The first-order valence-electron chi connectivity index (χ1n) is 21.7. The number of benzene rings is 2. The summed E-state index contributed by atoms with van der Waals surface area (Å²) in [6.45, 7) is 4.97. The normalized spacial score (nSPS) is 18.7. The molecule has 2 unspecified atom stereocenters. The number of nitrogens with zero attached hydrogens (tertiary/aromatic N) is 7. The third-order valence-corrected chi connectivity index (χ3v) is 14.9. The summed E-state index contributed by atoms with van der Waals surface area (Å²) < 4.78 is 29.9. The summed E-state index contributed by atoms with van der Waals surface area (Å²) in [6, 6.07) is 20.9. The van der Waals surface area contributed by atoms with Gasteiger partial charge in [0.25, 0.3) is 0 Å². The molecule has 2 aromatic carbocycles. The lowest BCUT2D eigenvalue weighted by Gasteiger charge is -2.35. The lowest BCUT2D eigenvalue weighted by atomic mass is 9.76. The van der Waals surface area contributed by atoms with E-state index in [1.54, 1.807) is 10.5 Å². The molecule has 2 aliphatic heterocycles. The molecule has 2 aliphatic carbocycles.